The summed E-state index contributed by atoms with van der Waals surface area (Å²) in [5.41, 5.74) is 4.46. The third-order valence-electron chi connectivity index (χ3n) is 3.05. The van der Waals surface area contributed by atoms with E-state index in [1.807, 2.05) is 6.07 Å². The van der Waals surface area contributed by atoms with Crippen LogP contribution in [0.3, 0.4) is 0 Å². The molecule has 0 aromatic heterocycles. The first kappa shape index (κ1) is 10.8. The first-order valence-electron chi connectivity index (χ1n) is 5.75. The van der Waals surface area contributed by atoms with Crippen molar-refractivity contribution in [2.24, 2.45) is 0 Å². The lowest BCUT2D eigenvalue weighted by Gasteiger charge is -2.17. The standard InChI is InChI=1S/C14H17Cl/c1-2-3-4-11-5-6-12-7-8-14(15)10-13(12)9-11/h5,7-8,10H,2-4,6,9H2,1H3. The maximum Gasteiger partial charge on any atom is 0.0409 e. The van der Waals surface area contributed by atoms with Gasteiger partial charge >= 0.3 is 0 Å². The molecule has 80 valence electrons. The lowest BCUT2D eigenvalue weighted by molar-refractivity contribution is 0.761. The van der Waals surface area contributed by atoms with Gasteiger partial charge in [0.15, 0.2) is 0 Å². The molecule has 1 aromatic carbocycles. The molecule has 1 aromatic rings. The Labute approximate surface area is 97.0 Å². The van der Waals surface area contributed by atoms with Crippen LogP contribution in [0.1, 0.15) is 37.3 Å². The Kier molecular flexibility index (Phi) is 3.48. The van der Waals surface area contributed by atoms with E-state index in [-0.39, 0.29) is 0 Å². The summed E-state index contributed by atoms with van der Waals surface area (Å²) in [6.45, 7) is 2.24. The molecule has 15 heavy (non-hydrogen) atoms. The predicted molar refractivity (Wildman–Crippen MR) is 66.5 cm³/mol. The molecule has 2 rings (SSSR count). The van der Waals surface area contributed by atoms with Gasteiger partial charge in [-0.05, 0) is 48.9 Å². The zero-order valence-electron chi connectivity index (χ0n) is 9.22. The van der Waals surface area contributed by atoms with Gasteiger partial charge in [0.1, 0.15) is 0 Å². The number of unbranched alkanes of at least 4 members (excludes halogenated alkanes) is 1. The predicted octanol–water partition coefficient (Wildman–Crippen LogP) is 4.56. The number of rotatable bonds is 3. The molecule has 0 unspecified atom stereocenters. The number of benzene rings is 1. The van der Waals surface area contributed by atoms with Crippen molar-refractivity contribution in [3.8, 4) is 0 Å². The van der Waals surface area contributed by atoms with Crippen LogP contribution in [0.25, 0.3) is 0 Å². The number of allylic oxidation sites excluding steroid dienone is 2. The van der Waals surface area contributed by atoms with Crippen molar-refractivity contribution in [1.29, 1.82) is 0 Å². The first-order valence-corrected chi connectivity index (χ1v) is 6.12. The molecular weight excluding hydrogens is 204 g/mol. The Bertz CT molecular complexity index is 377. The van der Waals surface area contributed by atoms with Crippen LogP contribution in [-0.4, -0.2) is 0 Å². The van der Waals surface area contributed by atoms with Crippen LogP contribution in [-0.2, 0) is 12.8 Å². The molecule has 0 saturated heterocycles. The van der Waals surface area contributed by atoms with Gasteiger partial charge in [0.05, 0.1) is 0 Å². The van der Waals surface area contributed by atoms with Gasteiger partial charge in [0.25, 0.3) is 0 Å². The van der Waals surface area contributed by atoms with Gasteiger partial charge < -0.3 is 0 Å². The van der Waals surface area contributed by atoms with E-state index in [0.717, 1.165) is 17.9 Å². The minimum atomic E-state index is 0.866. The fourth-order valence-electron chi connectivity index (χ4n) is 2.12. The summed E-state index contributed by atoms with van der Waals surface area (Å²) in [5, 5.41) is 0.866. The Morgan fingerprint density at radius 3 is 2.93 bits per heavy atom. The van der Waals surface area contributed by atoms with Gasteiger partial charge in [-0.2, -0.15) is 0 Å². The van der Waals surface area contributed by atoms with Gasteiger partial charge in [-0.3, -0.25) is 0 Å². The van der Waals surface area contributed by atoms with Gasteiger partial charge in [-0.15, -0.1) is 0 Å². The van der Waals surface area contributed by atoms with Crippen LogP contribution < -0.4 is 0 Å². The maximum atomic E-state index is 6.01. The van der Waals surface area contributed by atoms with Crippen LogP contribution in [0.15, 0.2) is 29.8 Å². The molecule has 0 N–H and O–H groups in total. The number of fused-ring (bicyclic) bond motifs is 1. The lowest BCUT2D eigenvalue weighted by atomic mass is 9.89. The van der Waals surface area contributed by atoms with E-state index in [2.05, 4.69) is 25.1 Å². The van der Waals surface area contributed by atoms with E-state index in [9.17, 15) is 0 Å². The summed E-state index contributed by atoms with van der Waals surface area (Å²) in [7, 11) is 0. The van der Waals surface area contributed by atoms with Crippen LogP contribution in [0, 0.1) is 0 Å². The highest BCUT2D eigenvalue weighted by Gasteiger charge is 2.10. The molecule has 0 radical (unpaired) electrons. The molecule has 1 heteroatoms. The topological polar surface area (TPSA) is 0 Å². The van der Waals surface area contributed by atoms with E-state index >= 15 is 0 Å². The molecule has 0 amide bonds. The van der Waals surface area contributed by atoms with E-state index in [1.54, 1.807) is 5.57 Å². The molecule has 0 saturated carbocycles. The molecule has 0 bridgehead atoms. The highest BCUT2D eigenvalue weighted by atomic mass is 35.5. The summed E-state index contributed by atoms with van der Waals surface area (Å²) in [6, 6.07) is 6.27. The molecule has 0 aliphatic heterocycles. The highest BCUT2D eigenvalue weighted by molar-refractivity contribution is 6.30. The Balaban J connectivity index is 2.10. The molecular formula is C14H17Cl. The summed E-state index contributed by atoms with van der Waals surface area (Å²) in [4.78, 5) is 0. The lowest BCUT2D eigenvalue weighted by Crippen LogP contribution is -2.03. The SMILES string of the molecule is CCCCC1=CCc2ccc(Cl)cc2C1. The molecule has 0 fully saturated rings. The summed E-state index contributed by atoms with van der Waals surface area (Å²) >= 11 is 6.01. The van der Waals surface area contributed by atoms with Gasteiger partial charge in [0, 0.05) is 5.02 Å². The largest absolute Gasteiger partial charge is 0.0843 e. The van der Waals surface area contributed by atoms with Crippen molar-refractivity contribution in [1.82, 2.24) is 0 Å². The number of hydrogen-bond donors (Lipinski definition) is 0. The third kappa shape index (κ3) is 2.63. The third-order valence-corrected chi connectivity index (χ3v) is 3.28. The minimum Gasteiger partial charge on any atom is -0.0843 e. The molecule has 0 heterocycles. The zero-order chi connectivity index (χ0) is 10.7. The van der Waals surface area contributed by atoms with E-state index in [0.29, 0.717) is 0 Å². The second kappa shape index (κ2) is 4.85. The zero-order valence-corrected chi connectivity index (χ0v) is 9.98. The average molecular weight is 221 g/mol. The average Bonchev–Trinajstić information content (AvgIpc) is 2.25. The summed E-state index contributed by atoms with van der Waals surface area (Å²) in [6.07, 6.45) is 8.43. The number of halogens is 1. The monoisotopic (exact) mass is 220 g/mol. The van der Waals surface area contributed by atoms with Crippen LogP contribution in [0.4, 0.5) is 0 Å². The number of hydrogen-bond acceptors (Lipinski definition) is 0. The van der Waals surface area contributed by atoms with Crippen molar-refractivity contribution < 1.29 is 0 Å². The van der Waals surface area contributed by atoms with Gasteiger partial charge in [-0.25, -0.2) is 0 Å². The second-order valence-electron chi connectivity index (χ2n) is 4.26. The fraction of sp³-hybridized carbons (Fsp3) is 0.429. The van der Waals surface area contributed by atoms with Crippen molar-refractivity contribution in [2.45, 2.75) is 39.0 Å². The van der Waals surface area contributed by atoms with Crippen LogP contribution in [0.2, 0.25) is 5.02 Å². The van der Waals surface area contributed by atoms with Crippen LogP contribution >= 0.6 is 11.6 Å². The fourth-order valence-corrected chi connectivity index (χ4v) is 2.32. The van der Waals surface area contributed by atoms with Crippen molar-refractivity contribution in [2.75, 3.05) is 0 Å². The smallest absolute Gasteiger partial charge is 0.0409 e. The normalized spacial score (nSPS) is 14.7. The molecule has 1 aliphatic carbocycles. The van der Waals surface area contributed by atoms with Gasteiger partial charge in [0.2, 0.25) is 0 Å². The Hall–Kier alpha value is -0.750. The van der Waals surface area contributed by atoms with E-state index in [1.165, 1.54) is 30.4 Å². The van der Waals surface area contributed by atoms with Crippen molar-refractivity contribution in [3.05, 3.63) is 46.0 Å². The van der Waals surface area contributed by atoms with Crippen LogP contribution in [0.5, 0.6) is 0 Å². The molecule has 0 nitrogen and oxygen atoms in total. The van der Waals surface area contributed by atoms with E-state index < -0.39 is 0 Å². The quantitative estimate of drug-likeness (QED) is 0.656. The maximum absolute atomic E-state index is 6.01. The Morgan fingerprint density at radius 1 is 1.27 bits per heavy atom. The highest BCUT2D eigenvalue weighted by Crippen LogP contribution is 2.26. The van der Waals surface area contributed by atoms with Gasteiger partial charge in [-0.1, -0.05) is 42.7 Å². The second-order valence-corrected chi connectivity index (χ2v) is 4.70. The Morgan fingerprint density at radius 2 is 2.13 bits per heavy atom. The van der Waals surface area contributed by atoms with Crippen molar-refractivity contribution >= 4 is 11.6 Å². The van der Waals surface area contributed by atoms with E-state index in [4.69, 9.17) is 11.6 Å². The minimum absolute atomic E-state index is 0.866. The summed E-state index contributed by atoms with van der Waals surface area (Å²) < 4.78 is 0. The first-order chi connectivity index (χ1) is 7.29. The summed E-state index contributed by atoms with van der Waals surface area (Å²) in [5.74, 6) is 0. The molecule has 0 atom stereocenters. The van der Waals surface area contributed by atoms with Crippen molar-refractivity contribution in [3.63, 3.8) is 0 Å². The molecule has 0 spiro atoms. The molecule has 1 aliphatic rings.